The Hall–Kier alpha value is -5.05. The fraction of sp³-hybridized carbons (Fsp3) is 0.444. The molecule has 9 nitrogen and oxygen atoms in total. The standard InChI is InChI=1S/C12H18O3.C12H16O3.C11H16O2.C10H14O/c1-8(2)9-6-10(13-3)12(15-5)11(7-9)14-4;1-8(2)10-6-5-9(12(13)15-4)7-11(10)14-3;1-8(2)10-7-9(12-3)5-6-11(10)13-4;1-8(2)9-6-4-5-7-10(9)11-3/h6-8H,1-5H3;5-8H,1-4H3;5-8H,1-4H3;4-8H,1-3H3. The highest BCUT2D eigenvalue weighted by atomic mass is 16.5. The minimum atomic E-state index is -0.344. The zero-order chi connectivity index (χ0) is 41.0. The summed E-state index contributed by atoms with van der Waals surface area (Å²) in [7, 11) is 12.9. The Balaban J connectivity index is 0.000000362. The molecule has 0 aliphatic rings. The van der Waals surface area contributed by atoms with E-state index in [0.29, 0.717) is 46.5 Å². The smallest absolute Gasteiger partial charge is 0.337 e. The van der Waals surface area contributed by atoms with Crippen molar-refractivity contribution < 1.29 is 42.7 Å². The second-order valence-electron chi connectivity index (χ2n) is 13.4. The molecule has 0 aromatic heterocycles. The number of para-hydroxylation sites is 1. The van der Waals surface area contributed by atoms with Crippen molar-refractivity contribution in [3.8, 4) is 40.2 Å². The lowest BCUT2D eigenvalue weighted by molar-refractivity contribution is 0.0600. The largest absolute Gasteiger partial charge is 0.497 e. The zero-order valence-electron chi connectivity index (χ0n) is 35.4. The van der Waals surface area contributed by atoms with Gasteiger partial charge in [-0.2, -0.15) is 0 Å². The van der Waals surface area contributed by atoms with Gasteiger partial charge in [-0.15, -0.1) is 0 Å². The Morgan fingerprint density at radius 3 is 1.31 bits per heavy atom. The van der Waals surface area contributed by atoms with E-state index in [-0.39, 0.29) is 5.97 Å². The average Bonchev–Trinajstić information content (AvgIpc) is 3.19. The maximum absolute atomic E-state index is 11.3. The summed E-state index contributed by atoms with van der Waals surface area (Å²) in [5.41, 5.74) is 5.23. The molecule has 4 aromatic rings. The molecule has 9 heteroatoms. The van der Waals surface area contributed by atoms with E-state index in [1.165, 1.54) is 23.8 Å². The topological polar surface area (TPSA) is 90.9 Å². The number of hydrogen-bond donors (Lipinski definition) is 0. The lowest BCUT2D eigenvalue weighted by Gasteiger charge is -2.15. The van der Waals surface area contributed by atoms with Gasteiger partial charge in [-0.25, -0.2) is 4.79 Å². The fourth-order valence-corrected chi connectivity index (χ4v) is 5.30. The monoisotopic (exact) mass is 748 g/mol. The summed E-state index contributed by atoms with van der Waals surface area (Å²) in [6.45, 7) is 17.0. The van der Waals surface area contributed by atoms with Crippen LogP contribution in [0.25, 0.3) is 0 Å². The minimum absolute atomic E-state index is 0.344. The lowest BCUT2D eigenvalue weighted by atomic mass is 10.0. The van der Waals surface area contributed by atoms with Crippen molar-refractivity contribution >= 4 is 5.97 Å². The SMILES string of the molecule is COC(=O)c1ccc(C(C)C)c(OC)c1.COc1cc(C(C)C)cc(OC)c1OC.COc1ccc(OC)c(C(C)C)c1.COc1ccccc1C(C)C. The normalized spacial score (nSPS) is 10.2. The third kappa shape index (κ3) is 14.1. The van der Waals surface area contributed by atoms with Crippen molar-refractivity contribution in [2.75, 3.05) is 56.9 Å². The van der Waals surface area contributed by atoms with Gasteiger partial charge in [-0.1, -0.05) is 79.7 Å². The van der Waals surface area contributed by atoms with Gasteiger partial charge in [0, 0.05) is 5.56 Å². The van der Waals surface area contributed by atoms with Crippen LogP contribution in [0.3, 0.4) is 0 Å². The molecule has 0 fully saturated rings. The Labute approximate surface area is 324 Å². The molecule has 0 heterocycles. The van der Waals surface area contributed by atoms with E-state index in [1.807, 2.05) is 54.6 Å². The molecule has 4 rings (SSSR count). The number of carbonyl (C=O) groups is 1. The Morgan fingerprint density at radius 2 is 0.907 bits per heavy atom. The number of benzene rings is 4. The third-order valence-corrected chi connectivity index (χ3v) is 8.45. The van der Waals surface area contributed by atoms with E-state index >= 15 is 0 Å². The molecule has 298 valence electrons. The first-order valence-electron chi connectivity index (χ1n) is 18.1. The van der Waals surface area contributed by atoms with E-state index < -0.39 is 0 Å². The van der Waals surface area contributed by atoms with Gasteiger partial charge < -0.3 is 37.9 Å². The van der Waals surface area contributed by atoms with E-state index in [9.17, 15) is 4.79 Å². The van der Waals surface area contributed by atoms with Gasteiger partial charge >= 0.3 is 5.97 Å². The first-order chi connectivity index (χ1) is 25.7. The third-order valence-electron chi connectivity index (χ3n) is 8.45. The molecule has 0 spiro atoms. The van der Waals surface area contributed by atoms with E-state index in [1.54, 1.807) is 61.9 Å². The van der Waals surface area contributed by atoms with Crippen LogP contribution in [-0.2, 0) is 4.74 Å². The number of rotatable bonds is 12. The highest BCUT2D eigenvalue weighted by molar-refractivity contribution is 5.90. The van der Waals surface area contributed by atoms with Crippen molar-refractivity contribution in [2.45, 2.75) is 79.1 Å². The molecule has 0 radical (unpaired) electrons. The average molecular weight is 749 g/mol. The molecule has 0 N–H and O–H groups in total. The second kappa shape index (κ2) is 24.3. The van der Waals surface area contributed by atoms with Crippen molar-refractivity contribution in [1.82, 2.24) is 0 Å². The van der Waals surface area contributed by atoms with Gasteiger partial charge in [0.2, 0.25) is 5.75 Å². The molecule has 4 aromatic carbocycles. The first kappa shape index (κ1) is 47.0. The summed E-state index contributed by atoms with van der Waals surface area (Å²) in [4.78, 5) is 11.3. The molecule has 0 amide bonds. The highest BCUT2D eigenvalue weighted by Gasteiger charge is 2.15. The van der Waals surface area contributed by atoms with E-state index in [0.717, 1.165) is 28.6 Å². The van der Waals surface area contributed by atoms with Gasteiger partial charge in [0.15, 0.2) is 11.5 Å². The maximum atomic E-state index is 11.3. The number of carbonyl (C=O) groups excluding carboxylic acids is 1. The molecule has 0 saturated carbocycles. The summed E-state index contributed by atoms with van der Waals surface area (Å²) < 4.78 is 41.3. The molecular weight excluding hydrogens is 684 g/mol. The Kier molecular flexibility index (Phi) is 21.1. The predicted octanol–water partition coefficient (Wildman–Crippen LogP) is 11.1. The summed E-state index contributed by atoms with van der Waals surface area (Å²) in [6, 6.07) is 23.3. The summed E-state index contributed by atoms with van der Waals surface area (Å²) in [5.74, 6) is 7.02. The summed E-state index contributed by atoms with van der Waals surface area (Å²) in [5, 5.41) is 0. The molecule has 0 atom stereocenters. The molecule has 0 unspecified atom stereocenters. The predicted molar refractivity (Wildman–Crippen MR) is 219 cm³/mol. The molecule has 54 heavy (non-hydrogen) atoms. The molecule has 0 aliphatic heterocycles. The van der Waals surface area contributed by atoms with Crippen molar-refractivity contribution in [3.05, 3.63) is 101 Å². The lowest BCUT2D eigenvalue weighted by Crippen LogP contribution is -2.03. The summed E-state index contributed by atoms with van der Waals surface area (Å²) in [6.07, 6.45) is 0. The molecule has 0 bridgehead atoms. The van der Waals surface area contributed by atoms with Crippen LogP contribution in [0.2, 0.25) is 0 Å². The number of methoxy groups -OCH3 is 8. The fourth-order valence-electron chi connectivity index (χ4n) is 5.30. The highest BCUT2D eigenvalue weighted by Crippen LogP contribution is 2.40. The van der Waals surface area contributed by atoms with Crippen LogP contribution >= 0.6 is 0 Å². The number of ether oxygens (including phenoxy) is 8. The summed E-state index contributed by atoms with van der Waals surface area (Å²) >= 11 is 0. The second-order valence-corrected chi connectivity index (χ2v) is 13.4. The van der Waals surface area contributed by atoms with E-state index in [2.05, 4.69) is 66.2 Å². The van der Waals surface area contributed by atoms with Gasteiger partial charge in [0.1, 0.15) is 23.0 Å². The van der Waals surface area contributed by atoms with Gasteiger partial charge in [-0.3, -0.25) is 0 Å². The van der Waals surface area contributed by atoms with Gasteiger partial charge in [-0.05, 0) is 88.9 Å². The Bertz CT molecular complexity index is 1670. The maximum Gasteiger partial charge on any atom is 0.337 e. The first-order valence-corrected chi connectivity index (χ1v) is 18.1. The van der Waals surface area contributed by atoms with Gasteiger partial charge in [0.05, 0.1) is 62.4 Å². The molecule has 0 aliphatic carbocycles. The Morgan fingerprint density at radius 1 is 0.426 bits per heavy atom. The number of esters is 1. The zero-order valence-corrected chi connectivity index (χ0v) is 35.4. The van der Waals surface area contributed by atoms with Crippen LogP contribution in [0.1, 0.15) is 112 Å². The van der Waals surface area contributed by atoms with Crippen LogP contribution in [0.15, 0.2) is 72.8 Å². The van der Waals surface area contributed by atoms with Crippen molar-refractivity contribution in [1.29, 1.82) is 0 Å². The minimum Gasteiger partial charge on any atom is -0.497 e. The quantitative estimate of drug-likeness (QED) is 0.131. The van der Waals surface area contributed by atoms with Crippen molar-refractivity contribution in [2.24, 2.45) is 0 Å². The number of hydrogen-bond acceptors (Lipinski definition) is 9. The van der Waals surface area contributed by atoms with Crippen LogP contribution in [-0.4, -0.2) is 62.8 Å². The van der Waals surface area contributed by atoms with Gasteiger partial charge in [0.25, 0.3) is 0 Å². The molecule has 0 saturated heterocycles. The van der Waals surface area contributed by atoms with E-state index in [4.69, 9.17) is 33.2 Å². The van der Waals surface area contributed by atoms with Crippen LogP contribution < -0.4 is 33.2 Å². The van der Waals surface area contributed by atoms with Crippen LogP contribution in [0.4, 0.5) is 0 Å². The van der Waals surface area contributed by atoms with Crippen LogP contribution in [0.5, 0.6) is 40.2 Å². The molecular formula is C45H64O9. The van der Waals surface area contributed by atoms with Crippen molar-refractivity contribution in [3.63, 3.8) is 0 Å². The van der Waals surface area contributed by atoms with Crippen LogP contribution in [0, 0.1) is 0 Å².